The number of amides is 1. The van der Waals surface area contributed by atoms with E-state index in [1.54, 1.807) is 44.2 Å². The number of sulfone groups is 1. The number of alkyl halides is 3. The highest BCUT2D eigenvalue weighted by Gasteiger charge is 2.47. The maximum Gasteiger partial charge on any atom is 0.408 e. The first-order chi connectivity index (χ1) is 16.2. The highest BCUT2D eigenvalue weighted by molar-refractivity contribution is 7.90. The molecule has 6 nitrogen and oxygen atoms in total. The van der Waals surface area contributed by atoms with Crippen molar-refractivity contribution in [1.82, 2.24) is 4.90 Å². The van der Waals surface area contributed by atoms with Gasteiger partial charge in [-0.3, -0.25) is 9.69 Å². The summed E-state index contributed by atoms with van der Waals surface area (Å²) in [5.41, 5.74) is 6.64. The lowest BCUT2D eigenvalue weighted by atomic mass is 9.96. The first-order valence-electron chi connectivity index (χ1n) is 10.8. The van der Waals surface area contributed by atoms with Crippen molar-refractivity contribution in [1.29, 1.82) is 5.26 Å². The van der Waals surface area contributed by atoms with E-state index < -0.39 is 40.5 Å². The number of carbonyl (C=O) groups is 1. The maximum atomic E-state index is 14.2. The van der Waals surface area contributed by atoms with E-state index in [1.807, 2.05) is 0 Å². The number of rotatable bonds is 10. The van der Waals surface area contributed by atoms with Gasteiger partial charge in [-0.05, 0) is 41.2 Å². The molecule has 0 aliphatic carbocycles. The topological polar surface area (TPSA) is 104 Å². The molecule has 2 atom stereocenters. The number of nitrogens with two attached hydrogens (primary N) is 1. The van der Waals surface area contributed by atoms with E-state index in [0.717, 1.165) is 11.2 Å². The van der Waals surface area contributed by atoms with Crippen LogP contribution in [0, 0.1) is 17.2 Å². The van der Waals surface area contributed by atoms with E-state index in [9.17, 15) is 31.6 Å². The Labute approximate surface area is 203 Å². The molecule has 0 saturated carbocycles. The molecule has 2 N–H and O–H groups in total. The Hall–Kier alpha value is -3.16. The van der Waals surface area contributed by atoms with Crippen molar-refractivity contribution >= 4 is 27.9 Å². The Bertz CT molecular complexity index is 1180. The smallest absolute Gasteiger partial charge is 0.368 e. The third kappa shape index (κ3) is 7.94. The molecule has 0 bridgehead atoms. The second-order valence-corrected chi connectivity index (χ2v) is 10.7. The SMILES string of the molecule is CC(C)C[C@@H](C(N)=O)N(CC#N)[C@@H](c1ccc(/C=C/c2ccc(S(C)(=O)=O)cc2)cc1)C(F)(F)F. The van der Waals surface area contributed by atoms with Gasteiger partial charge in [0.25, 0.3) is 0 Å². The first kappa shape index (κ1) is 28.1. The standard InChI is InChI=1S/C25H28F3N3O3S/c1-17(2)16-22(24(30)32)31(15-14-29)23(25(26,27)28)20-10-6-18(7-11-20)4-5-19-8-12-21(13-9-19)35(3,33)34/h4-13,17,22-23H,15-16H2,1-3H3,(H2,30,32)/b5-4+/t22-,23-/m0/s1. The van der Waals surface area contributed by atoms with Crippen LogP contribution in [0.3, 0.4) is 0 Å². The van der Waals surface area contributed by atoms with Gasteiger partial charge < -0.3 is 5.73 Å². The maximum absolute atomic E-state index is 14.2. The number of primary amides is 1. The zero-order valence-electron chi connectivity index (χ0n) is 19.7. The number of hydrogen-bond acceptors (Lipinski definition) is 5. The van der Waals surface area contributed by atoms with Gasteiger partial charge in [-0.2, -0.15) is 18.4 Å². The van der Waals surface area contributed by atoms with Crippen molar-refractivity contribution in [2.75, 3.05) is 12.8 Å². The van der Waals surface area contributed by atoms with Crippen LogP contribution in [-0.2, 0) is 14.6 Å². The first-order valence-corrected chi connectivity index (χ1v) is 12.7. The minimum atomic E-state index is -4.75. The molecular weight excluding hydrogens is 479 g/mol. The van der Waals surface area contributed by atoms with Crippen molar-refractivity contribution in [3.63, 3.8) is 0 Å². The van der Waals surface area contributed by atoms with Gasteiger partial charge in [0, 0.05) is 6.26 Å². The van der Waals surface area contributed by atoms with Gasteiger partial charge >= 0.3 is 6.18 Å². The molecule has 2 aromatic rings. The number of hydrogen-bond donors (Lipinski definition) is 1. The highest BCUT2D eigenvalue weighted by Crippen LogP contribution is 2.39. The van der Waals surface area contributed by atoms with Gasteiger partial charge in [-0.15, -0.1) is 0 Å². The van der Waals surface area contributed by atoms with Crippen molar-refractivity contribution < 1.29 is 26.4 Å². The van der Waals surface area contributed by atoms with Gasteiger partial charge in [0.15, 0.2) is 9.84 Å². The molecule has 0 saturated heterocycles. The third-order valence-corrected chi connectivity index (χ3v) is 6.48. The van der Waals surface area contributed by atoms with E-state index in [4.69, 9.17) is 5.73 Å². The minimum Gasteiger partial charge on any atom is -0.368 e. The van der Waals surface area contributed by atoms with Gasteiger partial charge in [-0.1, -0.05) is 62.4 Å². The third-order valence-electron chi connectivity index (χ3n) is 5.35. The molecule has 0 spiro atoms. The Morgan fingerprint density at radius 3 is 1.91 bits per heavy atom. The Morgan fingerprint density at radius 1 is 1.06 bits per heavy atom. The van der Waals surface area contributed by atoms with Gasteiger partial charge in [0.1, 0.15) is 6.04 Å². The van der Waals surface area contributed by atoms with E-state index in [2.05, 4.69) is 0 Å². The summed E-state index contributed by atoms with van der Waals surface area (Å²) in [6.45, 7) is 2.91. The number of nitriles is 1. The number of nitrogens with zero attached hydrogens (tertiary/aromatic N) is 2. The summed E-state index contributed by atoms with van der Waals surface area (Å²) in [4.78, 5) is 13.0. The zero-order chi connectivity index (χ0) is 26.4. The highest BCUT2D eigenvalue weighted by atomic mass is 32.2. The van der Waals surface area contributed by atoms with E-state index in [0.29, 0.717) is 11.1 Å². The Morgan fingerprint density at radius 2 is 1.54 bits per heavy atom. The molecule has 0 unspecified atom stereocenters. The summed E-state index contributed by atoms with van der Waals surface area (Å²) >= 11 is 0. The fourth-order valence-corrected chi connectivity index (χ4v) is 4.33. The summed E-state index contributed by atoms with van der Waals surface area (Å²) in [6.07, 6.45) is -0.168. The summed E-state index contributed by atoms with van der Waals surface area (Å²) in [6, 6.07) is 10.1. The lowest BCUT2D eigenvalue weighted by Gasteiger charge is -2.37. The van der Waals surface area contributed by atoms with Crippen LogP contribution in [0.4, 0.5) is 13.2 Å². The van der Waals surface area contributed by atoms with E-state index in [1.165, 1.54) is 36.4 Å². The molecule has 35 heavy (non-hydrogen) atoms. The van der Waals surface area contributed by atoms with Crippen molar-refractivity contribution in [2.24, 2.45) is 11.7 Å². The van der Waals surface area contributed by atoms with Crippen LogP contribution in [0.5, 0.6) is 0 Å². The van der Waals surface area contributed by atoms with Crippen molar-refractivity contribution in [3.05, 3.63) is 65.2 Å². The van der Waals surface area contributed by atoms with Crippen LogP contribution in [0.2, 0.25) is 0 Å². The largest absolute Gasteiger partial charge is 0.408 e. The normalized spacial score (nSPS) is 14.3. The Kier molecular flexibility index (Phi) is 9.24. The predicted molar refractivity (Wildman–Crippen MR) is 128 cm³/mol. The predicted octanol–water partition coefficient (Wildman–Crippen LogP) is 4.59. The quantitative estimate of drug-likeness (QED) is 0.374. The molecule has 2 rings (SSSR count). The lowest BCUT2D eigenvalue weighted by molar-refractivity contribution is -0.192. The van der Waals surface area contributed by atoms with Crippen LogP contribution in [0.25, 0.3) is 12.2 Å². The molecule has 2 aromatic carbocycles. The van der Waals surface area contributed by atoms with Crippen LogP contribution in [0.15, 0.2) is 53.4 Å². The number of benzene rings is 2. The molecule has 0 radical (unpaired) electrons. The molecule has 1 amide bonds. The number of carbonyl (C=O) groups excluding carboxylic acids is 1. The summed E-state index contributed by atoms with van der Waals surface area (Å²) in [5.74, 6) is -1.02. The summed E-state index contributed by atoms with van der Waals surface area (Å²) < 4.78 is 65.6. The fraction of sp³-hybridized carbons (Fsp3) is 0.360. The zero-order valence-corrected chi connectivity index (χ0v) is 20.5. The number of halogens is 3. The average molecular weight is 508 g/mol. The fourth-order valence-electron chi connectivity index (χ4n) is 3.70. The van der Waals surface area contributed by atoms with Crippen molar-refractivity contribution in [2.45, 2.75) is 43.4 Å². The molecule has 0 heterocycles. The van der Waals surface area contributed by atoms with Crippen LogP contribution in [-0.4, -0.2) is 44.2 Å². The second kappa shape index (κ2) is 11.5. The molecule has 188 valence electrons. The summed E-state index contributed by atoms with van der Waals surface area (Å²) in [7, 11) is -3.31. The minimum absolute atomic E-state index is 0.0858. The Balaban J connectivity index is 2.36. The average Bonchev–Trinajstić information content (AvgIpc) is 2.75. The van der Waals surface area contributed by atoms with Crippen LogP contribution < -0.4 is 5.73 Å². The van der Waals surface area contributed by atoms with Gasteiger partial charge in [0.2, 0.25) is 5.91 Å². The molecule has 0 aromatic heterocycles. The molecule has 0 aliphatic heterocycles. The van der Waals surface area contributed by atoms with Crippen molar-refractivity contribution in [3.8, 4) is 6.07 Å². The lowest BCUT2D eigenvalue weighted by Crippen LogP contribution is -2.51. The van der Waals surface area contributed by atoms with Crippen LogP contribution in [0.1, 0.15) is 43.0 Å². The molecular formula is C25H28F3N3O3S. The van der Waals surface area contributed by atoms with E-state index >= 15 is 0 Å². The van der Waals surface area contributed by atoms with Crippen LogP contribution >= 0.6 is 0 Å². The summed E-state index contributed by atoms with van der Waals surface area (Å²) in [5, 5.41) is 9.19. The molecule has 0 fully saturated rings. The van der Waals surface area contributed by atoms with Gasteiger partial charge in [-0.25, -0.2) is 8.42 Å². The van der Waals surface area contributed by atoms with Gasteiger partial charge in [0.05, 0.1) is 23.6 Å². The van der Waals surface area contributed by atoms with E-state index in [-0.39, 0.29) is 22.8 Å². The molecule has 10 heteroatoms. The second-order valence-electron chi connectivity index (χ2n) is 8.66. The molecule has 0 aliphatic rings. The monoisotopic (exact) mass is 507 g/mol.